The van der Waals surface area contributed by atoms with E-state index < -0.39 is 0 Å². The standard InChI is InChI=1S/C20H16FNO/c21-18-9-3-7-15-8-4-12-22(19(15)18)20(23)17-11-10-14-5-1-2-6-16(14)13-17/h1-3,5-7,9-11,13H,4,8,12H2. The zero-order chi connectivity index (χ0) is 15.8. The molecule has 0 saturated heterocycles. The van der Waals surface area contributed by atoms with Gasteiger partial charge in [0, 0.05) is 12.1 Å². The number of anilines is 1. The number of para-hydroxylation sites is 1. The minimum atomic E-state index is -0.323. The number of halogens is 1. The first-order valence-corrected chi connectivity index (χ1v) is 7.82. The van der Waals surface area contributed by atoms with E-state index in [9.17, 15) is 9.18 Å². The van der Waals surface area contributed by atoms with E-state index in [0.29, 0.717) is 17.8 Å². The van der Waals surface area contributed by atoms with Crippen molar-refractivity contribution in [2.75, 3.05) is 11.4 Å². The van der Waals surface area contributed by atoms with E-state index in [0.717, 1.165) is 29.2 Å². The molecule has 0 N–H and O–H groups in total. The SMILES string of the molecule is O=C(c1ccc2ccccc2c1)N1CCCc2cccc(F)c21. The smallest absolute Gasteiger partial charge is 0.258 e. The summed E-state index contributed by atoms with van der Waals surface area (Å²) in [7, 11) is 0. The average Bonchev–Trinajstić information content (AvgIpc) is 2.60. The molecule has 0 fully saturated rings. The lowest BCUT2D eigenvalue weighted by molar-refractivity contribution is 0.0984. The van der Waals surface area contributed by atoms with Crippen molar-refractivity contribution in [3.8, 4) is 0 Å². The molecule has 4 rings (SSSR count). The van der Waals surface area contributed by atoms with Gasteiger partial charge in [0.2, 0.25) is 0 Å². The normalized spacial score (nSPS) is 13.9. The Hall–Kier alpha value is -2.68. The van der Waals surface area contributed by atoms with Gasteiger partial charge in [0.05, 0.1) is 5.69 Å². The predicted molar refractivity (Wildman–Crippen MR) is 90.3 cm³/mol. The molecule has 0 atom stereocenters. The van der Waals surface area contributed by atoms with Crippen LogP contribution in [0.4, 0.5) is 10.1 Å². The Morgan fingerprint density at radius 3 is 2.65 bits per heavy atom. The predicted octanol–water partition coefficient (Wildman–Crippen LogP) is 4.57. The largest absolute Gasteiger partial charge is 0.305 e. The second-order valence-corrected chi connectivity index (χ2v) is 5.87. The fourth-order valence-electron chi connectivity index (χ4n) is 3.28. The molecule has 3 heteroatoms. The van der Waals surface area contributed by atoms with Gasteiger partial charge >= 0.3 is 0 Å². The number of hydrogen-bond donors (Lipinski definition) is 0. The summed E-state index contributed by atoms with van der Waals surface area (Å²) >= 11 is 0. The summed E-state index contributed by atoms with van der Waals surface area (Å²) in [6.45, 7) is 0.555. The highest BCUT2D eigenvalue weighted by molar-refractivity contribution is 6.08. The van der Waals surface area contributed by atoms with Gasteiger partial charge in [-0.25, -0.2) is 4.39 Å². The quantitative estimate of drug-likeness (QED) is 0.645. The van der Waals surface area contributed by atoms with Crippen LogP contribution in [-0.2, 0) is 6.42 Å². The molecule has 0 saturated carbocycles. The highest BCUT2D eigenvalue weighted by Gasteiger charge is 2.26. The molecule has 0 unspecified atom stereocenters. The van der Waals surface area contributed by atoms with E-state index in [4.69, 9.17) is 0 Å². The molecule has 114 valence electrons. The molecule has 1 aliphatic heterocycles. The van der Waals surface area contributed by atoms with Gasteiger partial charge in [-0.05, 0) is 47.4 Å². The van der Waals surface area contributed by atoms with E-state index in [1.165, 1.54) is 6.07 Å². The fraction of sp³-hybridized carbons (Fsp3) is 0.150. The highest BCUT2D eigenvalue weighted by Crippen LogP contribution is 2.31. The van der Waals surface area contributed by atoms with Crippen molar-refractivity contribution >= 4 is 22.4 Å². The molecule has 23 heavy (non-hydrogen) atoms. The summed E-state index contributed by atoms with van der Waals surface area (Å²) < 4.78 is 14.3. The summed E-state index contributed by atoms with van der Waals surface area (Å²) in [6, 6.07) is 18.6. The Morgan fingerprint density at radius 2 is 1.78 bits per heavy atom. The second-order valence-electron chi connectivity index (χ2n) is 5.87. The van der Waals surface area contributed by atoms with Crippen molar-refractivity contribution in [3.63, 3.8) is 0 Å². The Bertz CT molecular complexity index is 903. The van der Waals surface area contributed by atoms with Gasteiger partial charge in [-0.2, -0.15) is 0 Å². The molecule has 1 amide bonds. The maximum Gasteiger partial charge on any atom is 0.258 e. The fourth-order valence-corrected chi connectivity index (χ4v) is 3.28. The molecule has 1 heterocycles. The average molecular weight is 305 g/mol. The highest BCUT2D eigenvalue weighted by atomic mass is 19.1. The van der Waals surface area contributed by atoms with Crippen LogP contribution in [0.1, 0.15) is 22.3 Å². The maximum atomic E-state index is 14.3. The van der Waals surface area contributed by atoms with E-state index in [1.807, 2.05) is 48.5 Å². The Morgan fingerprint density at radius 1 is 0.957 bits per heavy atom. The zero-order valence-corrected chi connectivity index (χ0v) is 12.6. The van der Waals surface area contributed by atoms with Gasteiger partial charge < -0.3 is 4.90 Å². The molecule has 1 aliphatic rings. The number of carbonyl (C=O) groups is 1. The first-order valence-electron chi connectivity index (χ1n) is 7.82. The summed E-state index contributed by atoms with van der Waals surface area (Å²) in [5.41, 5.74) is 1.95. The van der Waals surface area contributed by atoms with Crippen molar-refractivity contribution in [2.24, 2.45) is 0 Å². The monoisotopic (exact) mass is 305 g/mol. The maximum absolute atomic E-state index is 14.3. The van der Waals surface area contributed by atoms with Crippen molar-refractivity contribution in [2.45, 2.75) is 12.8 Å². The van der Waals surface area contributed by atoms with E-state index >= 15 is 0 Å². The summed E-state index contributed by atoms with van der Waals surface area (Å²) in [4.78, 5) is 14.5. The first kappa shape index (κ1) is 13.9. The van der Waals surface area contributed by atoms with Crippen molar-refractivity contribution in [1.29, 1.82) is 0 Å². The van der Waals surface area contributed by atoms with Gasteiger partial charge in [-0.15, -0.1) is 0 Å². The topological polar surface area (TPSA) is 20.3 Å². The van der Waals surface area contributed by atoms with Crippen LogP contribution in [0, 0.1) is 5.82 Å². The number of fused-ring (bicyclic) bond motifs is 2. The number of carbonyl (C=O) groups excluding carboxylic acids is 1. The van der Waals surface area contributed by atoms with Crippen LogP contribution in [-0.4, -0.2) is 12.5 Å². The molecule has 0 aliphatic carbocycles. The van der Waals surface area contributed by atoms with Crippen molar-refractivity contribution < 1.29 is 9.18 Å². The third kappa shape index (κ3) is 2.38. The molecule has 3 aromatic carbocycles. The lowest BCUT2D eigenvalue weighted by atomic mass is 9.99. The van der Waals surface area contributed by atoms with Crippen molar-refractivity contribution in [1.82, 2.24) is 0 Å². The number of hydrogen-bond acceptors (Lipinski definition) is 1. The van der Waals surface area contributed by atoms with Crippen LogP contribution < -0.4 is 4.90 Å². The molecule has 0 radical (unpaired) electrons. The number of aryl methyl sites for hydroxylation is 1. The van der Waals surface area contributed by atoms with Gasteiger partial charge in [-0.1, -0.05) is 42.5 Å². The van der Waals surface area contributed by atoms with Crippen LogP contribution in [0.15, 0.2) is 60.7 Å². The molecule has 0 spiro atoms. The number of amides is 1. The van der Waals surface area contributed by atoms with Gasteiger partial charge in [0.25, 0.3) is 5.91 Å². The van der Waals surface area contributed by atoms with Crippen LogP contribution in [0.3, 0.4) is 0 Å². The molecule has 2 nitrogen and oxygen atoms in total. The van der Waals surface area contributed by atoms with Gasteiger partial charge in [-0.3, -0.25) is 4.79 Å². The molecular weight excluding hydrogens is 289 g/mol. The Balaban J connectivity index is 1.77. The van der Waals surface area contributed by atoms with E-state index in [2.05, 4.69) is 0 Å². The third-order valence-corrected chi connectivity index (χ3v) is 4.41. The Labute approximate surface area is 134 Å². The Kier molecular flexibility index (Phi) is 3.34. The summed E-state index contributed by atoms with van der Waals surface area (Å²) in [5.74, 6) is -0.460. The lowest BCUT2D eigenvalue weighted by Gasteiger charge is -2.30. The van der Waals surface area contributed by atoms with E-state index in [-0.39, 0.29) is 11.7 Å². The van der Waals surface area contributed by atoms with Gasteiger partial charge in [0.15, 0.2) is 0 Å². The number of nitrogens with zero attached hydrogens (tertiary/aromatic N) is 1. The summed E-state index contributed by atoms with van der Waals surface area (Å²) in [6.07, 6.45) is 1.67. The summed E-state index contributed by atoms with van der Waals surface area (Å²) in [5, 5.41) is 2.11. The van der Waals surface area contributed by atoms with Gasteiger partial charge in [0.1, 0.15) is 5.82 Å². The lowest BCUT2D eigenvalue weighted by Crippen LogP contribution is -2.36. The number of rotatable bonds is 1. The minimum Gasteiger partial charge on any atom is -0.305 e. The molecule has 3 aromatic rings. The molecular formula is C20H16FNO. The third-order valence-electron chi connectivity index (χ3n) is 4.41. The second kappa shape index (κ2) is 5.51. The zero-order valence-electron chi connectivity index (χ0n) is 12.6. The van der Waals surface area contributed by atoms with Crippen LogP contribution in [0.2, 0.25) is 0 Å². The molecule has 0 bridgehead atoms. The van der Waals surface area contributed by atoms with Crippen molar-refractivity contribution in [3.05, 3.63) is 77.6 Å². The van der Waals surface area contributed by atoms with Crippen LogP contribution >= 0.6 is 0 Å². The first-order chi connectivity index (χ1) is 11.2. The molecule has 0 aromatic heterocycles. The van der Waals surface area contributed by atoms with Crippen LogP contribution in [0.5, 0.6) is 0 Å². The minimum absolute atomic E-state index is 0.137. The van der Waals surface area contributed by atoms with Crippen LogP contribution in [0.25, 0.3) is 10.8 Å². The number of benzene rings is 3. The van der Waals surface area contributed by atoms with E-state index in [1.54, 1.807) is 11.0 Å².